The number of nitrogens with one attached hydrogen (secondary N) is 1. The van der Waals surface area contributed by atoms with Crippen LogP contribution in [0.1, 0.15) is 11.3 Å². The monoisotopic (exact) mass is 288 g/mol. The molecular formula is C14H13ClN4O. The highest BCUT2D eigenvalue weighted by Gasteiger charge is 2.11. The van der Waals surface area contributed by atoms with Gasteiger partial charge in [-0.25, -0.2) is 9.97 Å². The van der Waals surface area contributed by atoms with E-state index >= 15 is 0 Å². The third-order valence-electron chi connectivity index (χ3n) is 2.75. The fraction of sp³-hybridized carbons (Fsp3) is 0.143. The Hall–Kier alpha value is -2.27. The number of benzene rings is 1. The number of carbonyl (C=O) groups is 1. The van der Waals surface area contributed by atoms with Gasteiger partial charge in [-0.2, -0.15) is 0 Å². The van der Waals surface area contributed by atoms with Crippen molar-refractivity contribution in [3.8, 4) is 11.3 Å². The average Bonchev–Trinajstić information content (AvgIpc) is 2.43. The summed E-state index contributed by atoms with van der Waals surface area (Å²) in [5.41, 5.74) is 3.90. The van der Waals surface area contributed by atoms with Crippen molar-refractivity contribution in [1.82, 2.24) is 9.97 Å². The Kier molecular flexibility index (Phi) is 4.42. The van der Waals surface area contributed by atoms with Gasteiger partial charge < -0.3 is 5.32 Å². The first-order valence-electron chi connectivity index (χ1n) is 5.92. The van der Waals surface area contributed by atoms with Crippen LogP contribution >= 0.6 is 11.6 Å². The van der Waals surface area contributed by atoms with Gasteiger partial charge in [-0.3, -0.25) is 9.79 Å². The number of hydrogen-bond donors (Lipinski definition) is 1. The molecule has 0 atom stereocenters. The van der Waals surface area contributed by atoms with Crippen molar-refractivity contribution in [2.24, 2.45) is 4.99 Å². The third-order valence-corrected chi connectivity index (χ3v) is 2.92. The maximum absolute atomic E-state index is 10.4. The van der Waals surface area contributed by atoms with E-state index in [4.69, 9.17) is 11.6 Å². The number of amides is 1. The molecule has 0 spiro atoms. The standard InChI is InChI=1S/C14H13ClN4O/c1-9-12(7-16-2)13(19-14(15)18-9)10-3-5-11(6-4-10)17-8-20/h3-8H,1-2H3,(H,17,20). The van der Waals surface area contributed by atoms with Crippen molar-refractivity contribution in [1.29, 1.82) is 0 Å². The molecule has 0 aliphatic carbocycles. The molecule has 20 heavy (non-hydrogen) atoms. The molecule has 0 aliphatic rings. The van der Waals surface area contributed by atoms with Crippen LogP contribution in [-0.2, 0) is 4.79 Å². The van der Waals surface area contributed by atoms with Crippen LogP contribution in [0.5, 0.6) is 0 Å². The number of anilines is 1. The number of rotatable bonds is 4. The van der Waals surface area contributed by atoms with Crippen molar-refractivity contribution in [2.45, 2.75) is 6.92 Å². The Morgan fingerprint density at radius 3 is 2.55 bits per heavy atom. The number of nitrogens with zero attached hydrogens (tertiary/aromatic N) is 3. The van der Waals surface area contributed by atoms with E-state index in [0.29, 0.717) is 17.8 Å². The number of hydrogen-bond acceptors (Lipinski definition) is 4. The lowest BCUT2D eigenvalue weighted by Crippen LogP contribution is -2.00. The molecule has 0 radical (unpaired) electrons. The molecule has 1 aromatic carbocycles. The lowest BCUT2D eigenvalue weighted by molar-refractivity contribution is -0.105. The van der Waals surface area contributed by atoms with E-state index < -0.39 is 0 Å². The first-order chi connectivity index (χ1) is 9.65. The molecule has 0 bridgehead atoms. The fourth-order valence-electron chi connectivity index (χ4n) is 1.84. The van der Waals surface area contributed by atoms with Crippen molar-refractivity contribution in [2.75, 3.05) is 12.4 Å². The van der Waals surface area contributed by atoms with Crippen molar-refractivity contribution < 1.29 is 4.79 Å². The Bertz CT molecular complexity index is 653. The second-order valence-corrected chi connectivity index (χ2v) is 4.41. The van der Waals surface area contributed by atoms with Crippen LogP contribution in [0.4, 0.5) is 5.69 Å². The maximum atomic E-state index is 10.4. The minimum Gasteiger partial charge on any atom is -0.329 e. The summed E-state index contributed by atoms with van der Waals surface area (Å²) in [6.07, 6.45) is 2.34. The summed E-state index contributed by atoms with van der Waals surface area (Å²) in [4.78, 5) is 22.8. The summed E-state index contributed by atoms with van der Waals surface area (Å²) in [5.74, 6) is 0. The molecule has 102 valence electrons. The summed E-state index contributed by atoms with van der Waals surface area (Å²) >= 11 is 5.93. The molecular weight excluding hydrogens is 276 g/mol. The van der Waals surface area contributed by atoms with Crippen LogP contribution in [0.3, 0.4) is 0 Å². The number of aromatic nitrogens is 2. The molecule has 1 heterocycles. The van der Waals surface area contributed by atoms with Crippen LogP contribution in [0.2, 0.25) is 5.28 Å². The Balaban J connectivity index is 2.53. The van der Waals surface area contributed by atoms with Gasteiger partial charge in [0.25, 0.3) is 0 Å². The van der Waals surface area contributed by atoms with E-state index in [0.717, 1.165) is 16.8 Å². The van der Waals surface area contributed by atoms with Gasteiger partial charge in [0.1, 0.15) is 0 Å². The summed E-state index contributed by atoms with van der Waals surface area (Å²) in [6, 6.07) is 7.30. The van der Waals surface area contributed by atoms with E-state index in [-0.39, 0.29) is 5.28 Å². The molecule has 1 aromatic heterocycles. The maximum Gasteiger partial charge on any atom is 0.223 e. The molecule has 0 fully saturated rings. The molecule has 1 N–H and O–H groups in total. The Labute approximate surface area is 121 Å². The lowest BCUT2D eigenvalue weighted by Gasteiger charge is -2.09. The number of aryl methyl sites for hydroxylation is 1. The van der Waals surface area contributed by atoms with E-state index in [9.17, 15) is 4.79 Å². The highest BCUT2D eigenvalue weighted by atomic mass is 35.5. The van der Waals surface area contributed by atoms with E-state index in [2.05, 4.69) is 20.3 Å². The van der Waals surface area contributed by atoms with Gasteiger partial charge in [-0.05, 0) is 30.7 Å². The molecule has 5 nitrogen and oxygen atoms in total. The van der Waals surface area contributed by atoms with Crippen molar-refractivity contribution in [3.63, 3.8) is 0 Å². The van der Waals surface area contributed by atoms with Gasteiger partial charge in [0.2, 0.25) is 11.7 Å². The Morgan fingerprint density at radius 2 is 1.95 bits per heavy atom. The van der Waals surface area contributed by atoms with Crippen LogP contribution in [0, 0.1) is 6.92 Å². The Morgan fingerprint density at radius 1 is 1.25 bits per heavy atom. The third kappa shape index (κ3) is 3.00. The van der Waals surface area contributed by atoms with E-state index in [1.165, 1.54) is 0 Å². The highest BCUT2D eigenvalue weighted by molar-refractivity contribution is 6.28. The van der Waals surface area contributed by atoms with Gasteiger partial charge in [0, 0.05) is 30.1 Å². The van der Waals surface area contributed by atoms with Gasteiger partial charge in [-0.1, -0.05) is 12.1 Å². The molecule has 2 rings (SSSR count). The molecule has 2 aromatic rings. The zero-order valence-electron chi connectivity index (χ0n) is 11.1. The van der Waals surface area contributed by atoms with E-state index in [1.54, 1.807) is 25.4 Å². The topological polar surface area (TPSA) is 67.2 Å². The minimum absolute atomic E-state index is 0.195. The summed E-state index contributed by atoms with van der Waals surface area (Å²) in [7, 11) is 1.69. The van der Waals surface area contributed by atoms with Crippen molar-refractivity contribution >= 4 is 29.9 Å². The predicted molar refractivity (Wildman–Crippen MR) is 80.4 cm³/mol. The van der Waals surface area contributed by atoms with Crippen LogP contribution < -0.4 is 5.32 Å². The van der Waals surface area contributed by atoms with Crippen LogP contribution in [0.25, 0.3) is 11.3 Å². The molecule has 0 unspecified atom stereocenters. The first-order valence-corrected chi connectivity index (χ1v) is 6.30. The fourth-order valence-corrected chi connectivity index (χ4v) is 2.05. The van der Waals surface area contributed by atoms with Crippen LogP contribution in [-0.4, -0.2) is 29.6 Å². The second kappa shape index (κ2) is 6.25. The SMILES string of the molecule is CN=Cc1c(C)nc(Cl)nc1-c1ccc(NC=O)cc1. The smallest absolute Gasteiger partial charge is 0.223 e. The normalized spacial score (nSPS) is 10.8. The van der Waals surface area contributed by atoms with Gasteiger partial charge in [-0.15, -0.1) is 0 Å². The number of aliphatic imine (C=N–C) groups is 1. The zero-order valence-corrected chi connectivity index (χ0v) is 11.8. The molecule has 1 amide bonds. The molecule has 6 heteroatoms. The van der Waals surface area contributed by atoms with E-state index in [1.807, 2.05) is 19.1 Å². The zero-order chi connectivity index (χ0) is 14.5. The van der Waals surface area contributed by atoms with Gasteiger partial charge >= 0.3 is 0 Å². The molecule has 0 saturated carbocycles. The summed E-state index contributed by atoms with van der Waals surface area (Å²) in [6.45, 7) is 1.86. The van der Waals surface area contributed by atoms with Crippen molar-refractivity contribution in [3.05, 3.63) is 40.8 Å². The first kappa shape index (κ1) is 14.1. The second-order valence-electron chi connectivity index (χ2n) is 4.07. The summed E-state index contributed by atoms with van der Waals surface area (Å²) in [5, 5.41) is 2.78. The largest absolute Gasteiger partial charge is 0.329 e. The molecule has 0 aliphatic heterocycles. The predicted octanol–water partition coefficient (Wildman–Crippen LogP) is 2.72. The van der Waals surface area contributed by atoms with Gasteiger partial charge in [0.05, 0.1) is 11.4 Å². The highest BCUT2D eigenvalue weighted by Crippen LogP contribution is 2.25. The lowest BCUT2D eigenvalue weighted by atomic mass is 10.1. The average molecular weight is 289 g/mol. The van der Waals surface area contributed by atoms with Gasteiger partial charge in [0.15, 0.2) is 0 Å². The minimum atomic E-state index is 0.195. The quantitative estimate of drug-likeness (QED) is 0.534. The number of carbonyl (C=O) groups excluding carboxylic acids is 1. The number of halogens is 1. The van der Waals surface area contributed by atoms with Crippen LogP contribution in [0.15, 0.2) is 29.3 Å². The summed E-state index contributed by atoms with van der Waals surface area (Å²) < 4.78 is 0. The molecule has 0 saturated heterocycles.